The van der Waals surface area contributed by atoms with Crippen LogP contribution in [0.2, 0.25) is 0 Å². The Morgan fingerprint density at radius 1 is 1.00 bits per heavy atom. The SMILES string of the molecule is NC(=O)CN1CCC(CNC(=O)c2cc(C(F)(F)F)cc(C(F)(F)F)c2)CC1. The van der Waals surface area contributed by atoms with Gasteiger partial charge in [-0.15, -0.1) is 0 Å². The molecule has 11 heteroatoms. The van der Waals surface area contributed by atoms with Crippen LogP contribution in [0.1, 0.15) is 34.3 Å². The number of nitrogens with two attached hydrogens (primary N) is 1. The summed E-state index contributed by atoms with van der Waals surface area (Å²) >= 11 is 0. The standard InChI is InChI=1S/C17H19F6N3O2/c18-16(19,20)12-5-11(6-13(7-12)17(21,22)23)15(28)25-8-10-1-3-26(4-2-10)9-14(24)27/h5-7,10H,1-4,8-9H2,(H2,24,27)(H,25,28). The Balaban J connectivity index is 2.03. The highest BCUT2D eigenvalue weighted by atomic mass is 19.4. The summed E-state index contributed by atoms with van der Waals surface area (Å²) in [6.45, 7) is 1.35. The van der Waals surface area contributed by atoms with Crippen molar-refractivity contribution in [2.24, 2.45) is 11.7 Å². The number of halogens is 6. The van der Waals surface area contributed by atoms with Crippen molar-refractivity contribution in [2.75, 3.05) is 26.2 Å². The van der Waals surface area contributed by atoms with Gasteiger partial charge in [-0.05, 0) is 50.0 Å². The smallest absolute Gasteiger partial charge is 0.369 e. The lowest BCUT2D eigenvalue weighted by molar-refractivity contribution is -0.143. The Hall–Kier alpha value is -2.30. The number of nitrogens with zero attached hydrogens (tertiary/aromatic N) is 1. The zero-order valence-corrected chi connectivity index (χ0v) is 14.7. The third kappa shape index (κ3) is 6.11. The lowest BCUT2D eigenvalue weighted by atomic mass is 9.96. The van der Waals surface area contributed by atoms with Crippen LogP contribution in [0.5, 0.6) is 0 Å². The van der Waals surface area contributed by atoms with Gasteiger partial charge in [0.25, 0.3) is 5.91 Å². The summed E-state index contributed by atoms with van der Waals surface area (Å²) < 4.78 is 77.2. The first-order chi connectivity index (χ1) is 12.9. The molecule has 5 nitrogen and oxygen atoms in total. The van der Waals surface area contributed by atoms with Crippen molar-refractivity contribution >= 4 is 11.8 Å². The van der Waals surface area contributed by atoms with Crippen LogP contribution in [0.25, 0.3) is 0 Å². The first-order valence-corrected chi connectivity index (χ1v) is 8.44. The highest BCUT2D eigenvalue weighted by molar-refractivity contribution is 5.94. The van der Waals surface area contributed by atoms with E-state index >= 15 is 0 Å². The zero-order chi connectivity index (χ0) is 21.1. The van der Waals surface area contributed by atoms with Gasteiger partial charge in [-0.2, -0.15) is 26.3 Å². The fourth-order valence-electron chi connectivity index (χ4n) is 2.99. The summed E-state index contributed by atoms with van der Waals surface area (Å²) in [6, 6.07) is 0.783. The van der Waals surface area contributed by atoms with E-state index in [4.69, 9.17) is 5.73 Å². The average molecular weight is 411 g/mol. The Kier molecular flexibility index (Phi) is 6.58. The Bertz CT molecular complexity index is 692. The van der Waals surface area contributed by atoms with Crippen LogP contribution in [-0.2, 0) is 17.1 Å². The average Bonchev–Trinajstić information content (AvgIpc) is 2.58. The molecule has 0 aromatic heterocycles. The number of rotatable bonds is 5. The summed E-state index contributed by atoms with van der Waals surface area (Å²) in [5.74, 6) is -1.46. The number of piperidine rings is 1. The molecule has 3 N–H and O–H groups in total. The molecule has 0 aliphatic carbocycles. The Morgan fingerprint density at radius 3 is 1.93 bits per heavy atom. The van der Waals surface area contributed by atoms with Crippen LogP contribution in [0, 0.1) is 5.92 Å². The zero-order valence-electron chi connectivity index (χ0n) is 14.7. The predicted octanol–water partition coefficient (Wildman–Crippen LogP) is 2.65. The highest BCUT2D eigenvalue weighted by Gasteiger charge is 2.37. The van der Waals surface area contributed by atoms with E-state index in [-0.39, 0.29) is 25.1 Å². The van der Waals surface area contributed by atoms with Crippen LogP contribution in [0.3, 0.4) is 0 Å². The quantitative estimate of drug-likeness (QED) is 0.732. The summed E-state index contributed by atoms with van der Waals surface area (Å²) in [4.78, 5) is 24.9. The normalized spacial score (nSPS) is 16.8. The second kappa shape index (κ2) is 8.38. The summed E-state index contributed by atoms with van der Waals surface area (Å²) in [5, 5.41) is 2.40. The van der Waals surface area contributed by atoms with Crippen LogP contribution >= 0.6 is 0 Å². The lowest BCUT2D eigenvalue weighted by Gasteiger charge is -2.31. The van der Waals surface area contributed by atoms with Gasteiger partial charge >= 0.3 is 12.4 Å². The molecule has 1 aromatic carbocycles. The van der Waals surface area contributed by atoms with Gasteiger partial charge in [-0.25, -0.2) is 0 Å². The molecular weight excluding hydrogens is 392 g/mol. The summed E-state index contributed by atoms with van der Waals surface area (Å²) in [7, 11) is 0. The monoisotopic (exact) mass is 411 g/mol. The first kappa shape index (κ1) is 22.0. The van der Waals surface area contributed by atoms with E-state index in [0.29, 0.717) is 38.1 Å². The number of nitrogens with one attached hydrogen (secondary N) is 1. The highest BCUT2D eigenvalue weighted by Crippen LogP contribution is 2.36. The molecule has 0 unspecified atom stereocenters. The molecule has 28 heavy (non-hydrogen) atoms. The van der Waals surface area contributed by atoms with Gasteiger partial charge < -0.3 is 11.1 Å². The molecule has 0 atom stereocenters. The Labute approximate surface area is 156 Å². The maximum absolute atomic E-state index is 12.9. The molecule has 2 rings (SSSR count). The molecule has 1 aromatic rings. The molecule has 0 bridgehead atoms. The molecule has 1 saturated heterocycles. The minimum Gasteiger partial charge on any atom is -0.369 e. The van der Waals surface area contributed by atoms with Gasteiger partial charge in [0.1, 0.15) is 0 Å². The molecular formula is C17H19F6N3O2. The van der Waals surface area contributed by atoms with Gasteiger partial charge in [0.15, 0.2) is 0 Å². The second-order valence-corrected chi connectivity index (χ2v) is 6.69. The predicted molar refractivity (Wildman–Crippen MR) is 87.1 cm³/mol. The molecule has 1 aliphatic rings. The lowest BCUT2D eigenvalue weighted by Crippen LogP contribution is -2.42. The summed E-state index contributed by atoms with van der Waals surface area (Å²) in [5.41, 5.74) is 1.34. The van der Waals surface area contributed by atoms with Crippen LogP contribution in [0.4, 0.5) is 26.3 Å². The van der Waals surface area contributed by atoms with E-state index < -0.39 is 40.9 Å². The summed E-state index contributed by atoms with van der Waals surface area (Å²) in [6.07, 6.45) is -8.79. The van der Waals surface area contributed by atoms with Crippen LogP contribution in [0.15, 0.2) is 18.2 Å². The van der Waals surface area contributed by atoms with E-state index in [1.165, 1.54) is 0 Å². The number of hydrogen-bond donors (Lipinski definition) is 2. The van der Waals surface area contributed by atoms with Crippen molar-refractivity contribution in [1.29, 1.82) is 0 Å². The van der Waals surface area contributed by atoms with Crippen molar-refractivity contribution < 1.29 is 35.9 Å². The molecule has 0 saturated carbocycles. The third-order valence-corrected chi connectivity index (χ3v) is 4.49. The number of alkyl halides is 6. The van der Waals surface area contributed by atoms with Crippen molar-refractivity contribution in [2.45, 2.75) is 25.2 Å². The number of carbonyl (C=O) groups excluding carboxylic acids is 2. The van der Waals surface area contributed by atoms with Crippen LogP contribution < -0.4 is 11.1 Å². The fourth-order valence-corrected chi connectivity index (χ4v) is 2.99. The Morgan fingerprint density at radius 2 is 1.50 bits per heavy atom. The van der Waals surface area contributed by atoms with Gasteiger partial charge in [0, 0.05) is 12.1 Å². The fraction of sp³-hybridized carbons (Fsp3) is 0.529. The molecule has 156 valence electrons. The number of primary amides is 1. The van der Waals surface area contributed by atoms with Crippen molar-refractivity contribution in [3.8, 4) is 0 Å². The minimum absolute atomic E-state index is 0.000891. The van der Waals surface area contributed by atoms with Crippen molar-refractivity contribution in [3.63, 3.8) is 0 Å². The van der Waals surface area contributed by atoms with E-state index in [1.54, 1.807) is 0 Å². The minimum atomic E-state index is -5.01. The van der Waals surface area contributed by atoms with Gasteiger partial charge in [-0.1, -0.05) is 0 Å². The van der Waals surface area contributed by atoms with E-state index in [9.17, 15) is 35.9 Å². The second-order valence-electron chi connectivity index (χ2n) is 6.69. The molecule has 0 spiro atoms. The maximum Gasteiger partial charge on any atom is 0.416 e. The van der Waals surface area contributed by atoms with Crippen LogP contribution in [-0.4, -0.2) is 42.9 Å². The van der Waals surface area contributed by atoms with E-state index in [2.05, 4.69) is 5.32 Å². The largest absolute Gasteiger partial charge is 0.416 e. The molecule has 0 radical (unpaired) electrons. The number of hydrogen-bond acceptors (Lipinski definition) is 3. The van der Waals surface area contributed by atoms with E-state index in [1.807, 2.05) is 4.90 Å². The molecule has 1 aliphatic heterocycles. The van der Waals surface area contributed by atoms with Gasteiger partial charge in [0.2, 0.25) is 5.91 Å². The number of carbonyl (C=O) groups is 2. The molecule has 1 heterocycles. The van der Waals surface area contributed by atoms with E-state index in [0.717, 1.165) is 0 Å². The third-order valence-electron chi connectivity index (χ3n) is 4.49. The van der Waals surface area contributed by atoms with Gasteiger partial charge in [0.05, 0.1) is 17.7 Å². The maximum atomic E-state index is 12.9. The van der Waals surface area contributed by atoms with Crippen molar-refractivity contribution in [1.82, 2.24) is 10.2 Å². The number of likely N-dealkylation sites (tertiary alicyclic amines) is 1. The molecule has 2 amide bonds. The number of benzene rings is 1. The van der Waals surface area contributed by atoms with Gasteiger partial charge in [-0.3, -0.25) is 14.5 Å². The molecule has 1 fully saturated rings. The first-order valence-electron chi connectivity index (χ1n) is 8.44. The van der Waals surface area contributed by atoms with Crippen molar-refractivity contribution in [3.05, 3.63) is 34.9 Å². The topological polar surface area (TPSA) is 75.4 Å². The number of amides is 2.